The second kappa shape index (κ2) is 7.79. The van der Waals surface area contributed by atoms with Crippen LogP contribution in [-0.4, -0.2) is 24.5 Å². The minimum absolute atomic E-state index is 0.112. The van der Waals surface area contributed by atoms with E-state index in [-0.39, 0.29) is 30.3 Å². The molecule has 7 nitrogen and oxygen atoms in total. The highest BCUT2D eigenvalue weighted by atomic mass is 16.6. The van der Waals surface area contributed by atoms with Gasteiger partial charge in [0, 0.05) is 12.1 Å². The summed E-state index contributed by atoms with van der Waals surface area (Å²) in [6, 6.07) is 13.1. The van der Waals surface area contributed by atoms with Crippen LogP contribution in [0.2, 0.25) is 0 Å². The lowest BCUT2D eigenvalue weighted by Crippen LogP contribution is -2.15. The van der Waals surface area contributed by atoms with Gasteiger partial charge in [0.25, 0.3) is 5.69 Å². The van der Waals surface area contributed by atoms with Crippen LogP contribution < -0.4 is 14.8 Å². The number of nitro benzene ring substituents is 1. The van der Waals surface area contributed by atoms with Crippen molar-refractivity contribution in [1.82, 2.24) is 0 Å². The Morgan fingerprint density at radius 3 is 2.61 bits per heavy atom. The number of hydrogen-bond acceptors (Lipinski definition) is 5. The van der Waals surface area contributed by atoms with Crippen molar-refractivity contribution in [2.75, 3.05) is 19.0 Å². The molecule has 0 unspecified atom stereocenters. The van der Waals surface area contributed by atoms with Crippen molar-refractivity contribution in [2.24, 2.45) is 0 Å². The number of hydrogen-bond donors (Lipinski definition) is 1. The van der Waals surface area contributed by atoms with Gasteiger partial charge in [-0.2, -0.15) is 0 Å². The average Bonchev–Trinajstić information content (AvgIpc) is 2.55. The highest BCUT2D eigenvalue weighted by Crippen LogP contribution is 2.28. The van der Waals surface area contributed by atoms with Gasteiger partial charge in [0.15, 0.2) is 0 Å². The topological polar surface area (TPSA) is 90.7 Å². The number of anilines is 1. The lowest BCUT2D eigenvalue weighted by atomic mass is 10.2. The summed E-state index contributed by atoms with van der Waals surface area (Å²) in [5, 5.41) is 13.4. The second-order valence-electron chi connectivity index (χ2n) is 4.60. The van der Waals surface area contributed by atoms with Crippen LogP contribution in [0.4, 0.5) is 11.4 Å². The van der Waals surface area contributed by atoms with Crippen molar-refractivity contribution in [3.63, 3.8) is 0 Å². The molecule has 1 N–H and O–H groups in total. The number of benzene rings is 2. The Kier molecular flexibility index (Phi) is 5.51. The highest BCUT2D eigenvalue weighted by molar-refractivity contribution is 5.92. The Balaban J connectivity index is 1.94. The summed E-state index contributed by atoms with van der Waals surface area (Å²) in [6.45, 7) is 0.201. The van der Waals surface area contributed by atoms with Crippen LogP contribution in [0.3, 0.4) is 0 Å². The highest BCUT2D eigenvalue weighted by Gasteiger charge is 2.13. The summed E-state index contributed by atoms with van der Waals surface area (Å²) in [7, 11) is 1.43. The molecule has 0 aliphatic rings. The van der Waals surface area contributed by atoms with Gasteiger partial charge in [-0.05, 0) is 18.2 Å². The van der Waals surface area contributed by atoms with Gasteiger partial charge in [-0.1, -0.05) is 18.2 Å². The Morgan fingerprint density at radius 1 is 1.22 bits per heavy atom. The van der Waals surface area contributed by atoms with E-state index in [1.807, 2.05) is 18.2 Å². The molecule has 0 fully saturated rings. The Labute approximate surface area is 133 Å². The first-order valence-electron chi connectivity index (χ1n) is 6.90. The largest absolute Gasteiger partial charge is 0.495 e. The SMILES string of the molecule is COc1ccc([N+](=O)[O-])cc1NC(=O)CCOc1ccccc1. The van der Waals surface area contributed by atoms with Gasteiger partial charge in [-0.15, -0.1) is 0 Å². The molecule has 0 atom stereocenters. The molecule has 0 aliphatic heterocycles. The summed E-state index contributed by atoms with van der Waals surface area (Å²) in [6.07, 6.45) is 0.112. The van der Waals surface area contributed by atoms with Crippen LogP contribution in [-0.2, 0) is 4.79 Å². The quantitative estimate of drug-likeness (QED) is 0.626. The van der Waals surface area contributed by atoms with Gasteiger partial charge in [0.1, 0.15) is 11.5 Å². The molecule has 0 aromatic heterocycles. The van der Waals surface area contributed by atoms with Gasteiger partial charge < -0.3 is 14.8 Å². The minimum Gasteiger partial charge on any atom is -0.495 e. The van der Waals surface area contributed by atoms with E-state index in [1.165, 1.54) is 25.3 Å². The summed E-state index contributed by atoms with van der Waals surface area (Å²) < 4.78 is 10.5. The first-order chi connectivity index (χ1) is 11.1. The maximum atomic E-state index is 11.9. The number of rotatable bonds is 7. The van der Waals surface area contributed by atoms with Crippen LogP contribution in [0.1, 0.15) is 6.42 Å². The fraction of sp³-hybridized carbons (Fsp3) is 0.188. The number of para-hydroxylation sites is 1. The molecule has 0 bridgehead atoms. The van der Waals surface area contributed by atoms with Crippen LogP contribution in [0.25, 0.3) is 0 Å². The van der Waals surface area contributed by atoms with Gasteiger partial charge in [0.2, 0.25) is 5.91 Å². The number of carbonyl (C=O) groups is 1. The molecule has 120 valence electrons. The number of nitrogens with one attached hydrogen (secondary N) is 1. The minimum atomic E-state index is -0.534. The molecule has 0 saturated carbocycles. The summed E-state index contributed by atoms with van der Waals surface area (Å²) in [4.78, 5) is 22.2. The van der Waals surface area contributed by atoms with E-state index in [0.29, 0.717) is 11.5 Å². The molecule has 2 aromatic carbocycles. The zero-order chi connectivity index (χ0) is 16.7. The predicted molar refractivity (Wildman–Crippen MR) is 84.8 cm³/mol. The Bertz CT molecular complexity index is 688. The third-order valence-corrected chi connectivity index (χ3v) is 3.01. The average molecular weight is 316 g/mol. The van der Waals surface area contributed by atoms with Gasteiger partial charge in [0.05, 0.1) is 30.7 Å². The number of nitro groups is 1. The van der Waals surface area contributed by atoms with Crippen molar-refractivity contribution in [2.45, 2.75) is 6.42 Å². The lowest BCUT2D eigenvalue weighted by molar-refractivity contribution is -0.384. The molecule has 1 amide bonds. The maximum absolute atomic E-state index is 11.9. The normalized spacial score (nSPS) is 9.96. The van der Waals surface area contributed by atoms with Gasteiger partial charge in [-0.3, -0.25) is 14.9 Å². The number of nitrogens with zero attached hydrogens (tertiary/aromatic N) is 1. The third kappa shape index (κ3) is 4.70. The molecule has 0 saturated heterocycles. The molecule has 7 heteroatoms. The zero-order valence-electron chi connectivity index (χ0n) is 12.5. The predicted octanol–water partition coefficient (Wildman–Crippen LogP) is 3.01. The molecule has 23 heavy (non-hydrogen) atoms. The third-order valence-electron chi connectivity index (χ3n) is 3.01. The fourth-order valence-electron chi connectivity index (χ4n) is 1.90. The summed E-state index contributed by atoms with van der Waals surface area (Å²) in [5.41, 5.74) is 0.132. The fourth-order valence-corrected chi connectivity index (χ4v) is 1.90. The van der Waals surface area contributed by atoms with E-state index in [9.17, 15) is 14.9 Å². The monoisotopic (exact) mass is 316 g/mol. The van der Waals surface area contributed by atoms with Gasteiger partial charge >= 0.3 is 0 Å². The van der Waals surface area contributed by atoms with E-state index >= 15 is 0 Å². The number of non-ortho nitro benzene ring substituents is 1. The van der Waals surface area contributed by atoms with E-state index in [0.717, 1.165) is 0 Å². The Hall–Kier alpha value is -3.09. The van der Waals surface area contributed by atoms with Crippen molar-refractivity contribution < 1.29 is 19.2 Å². The Morgan fingerprint density at radius 2 is 1.96 bits per heavy atom. The maximum Gasteiger partial charge on any atom is 0.271 e. The first kappa shape index (κ1) is 16.3. The number of methoxy groups -OCH3 is 1. The molecule has 0 spiro atoms. The molecule has 2 aromatic rings. The number of amides is 1. The second-order valence-corrected chi connectivity index (χ2v) is 4.60. The zero-order valence-corrected chi connectivity index (χ0v) is 12.5. The van der Waals surface area contributed by atoms with E-state index < -0.39 is 4.92 Å². The number of ether oxygens (including phenoxy) is 2. The van der Waals surface area contributed by atoms with Crippen LogP contribution in [0.15, 0.2) is 48.5 Å². The standard InChI is InChI=1S/C16H16N2O5/c1-22-15-8-7-12(18(20)21)11-14(15)17-16(19)9-10-23-13-5-3-2-4-6-13/h2-8,11H,9-10H2,1H3,(H,17,19). The van der Waals surface area contributed by atoms with E-state index in [1.54, 1.807) is 12.1 Å². The van der Waals surface area contributed by atoms with Crippen LogP contribution >= 0.6 is 0 Å². The van der Waals surface area contributed by atoms with Crippen molar-refractivity contribution >= 4 is 17.3 Å². The van der Waals surface area contributed by atoms with Crippen molar-refractivity contribution in [1.29, 1.82) is 0 Å². The number of carbonyl (C=O) groups excluding carboxylic acids is 1. The summed E-state index contributed by atoms with van der Waals surface area (Å²) in [5.74, 6) is 0.709. The molecule has 2 rings (SSSR count). The molecular weight excluding hydrogens is 300 g/mol. The summed E-state index contributed by atoms with van der Waals surface area (Å²) >= 11 is 0. The van der Waals surface area contributed by atoms with E-state index in [4.69, 9.17) is 9.47 Å². The lowest BCUT2D eigenvalue weighted by Gasteiger charge is -2.10. The first-order valence-corrected chi connectivity index (χ1v) is 6.90. The van der Waals surface area contributed by atoms with Crippen LogP contribution in [0.5, 0.6) is 11.5 Å². The molecular formula is C16H16N2O5. The van der Waals surface area contributed by atoms with Gasteiger partial charge in [-0.25, -0.2) is 0 Å². The molecule has 0 heterocycles. The molecule has 0 radical (unpaired) electrons. The van der Waals surface area contributed by atoms with Crippen molar-refractivity contribution in [3.05, 3.63) is 58.6 Å². The van der Waals surface area contributed by atoms with Crippen molar-refractivity contribution in [3.8, 4) is 11.5 Å². The van der Waals surface area contributed by atoms with Crippen LogP contribution in [0, 0.1) is 10.1 Å². The smallest absolute Gasteiger partial charge is 0.271 e. The van der Waals surface area contributed by atoms with E-state index in [2.05, 4.69) is 5.32 Å². The molecule has 0 aliphatic carbocycles.